The van der Waals surface area contributed by atoms with E-state index in [4.69, 9.17) is 11.6 Å². The lowest BCUT2D eigenvalue weighted by molar-refractivity contribution is -0.140. The summed E-state index contributed by atoms with van der Waals surface area (Å²) in [6.45, 7) is 7.84. The van der Waals surface area contributed by atoms with Crippen molar-refractivity contribution in [3.05, 3.63) is 94.8 Å². The number of para-hydroxylation sites is 1. The Kier molecular flexibility index (Phi) is 9.40. The van der Waals surface area contributed by atoms with Gasteiger partial charge in [-0.2, -0.15) is 0 Å². The van der Waals surface area contributed by atoms with Gasteiger partial charge in [-0.3, -0.25) is 13.9 Å². The summed E-state index contributed by atoms with van der Waals surface area (Å²) in [6, 6.07) is 17.4. The number of benzene rings is 3. The van der Waals surface area contributed by atoms with Crippen LogP contribution in [-0.4, -0.2) is 43.3 Å². The van der Waals surface area contributed by atoms with Crippen molar-refractivity contribution in [1.82, 2.24) is 10.2 Å². The molecule has 1 N–H and O–H groups in total. The van der Waals surface area contributed by atoms with Crippen LogP contribution in [0.25, 0.3) is 0 Å². The Morgan fingerprint density at radius 2 is 1.56 bits per heavy atom. The first-order valence-electron chi connectivity index (χ1n) is 12.4. The Labute approximate surface area is 234 Å². The van der Waals surface area contributed by atoms with E-state index in [-0.39, 0.29) is 27.7 Å². The maximum atomic E-state index is 14.6. The number of carbonyl (C=O) groups is 2. The third-order valence-corrected chi connectivity index (χ3v) is 8.07. The van der Waals surface area contributed by atoms with Gasteiger partial charge in [-0.1, -0.05) is 59.6 Å². The number of hydrogen-bond donors (Lipinski definition) is 1. The van der Waals surface area contributed by atoms with Crippen LogP contribution in [0.15, 0.2) is 77.7 Å². The van der Waals surface area contributed by atoms with E-state index >= 15 is 0 Å². The summed E-state index contributed by atoms with van der Waals surface area (Å²) in [4.78, 5) is 28.1. The summed E-state index contributed by atoms with van der Waals surface area (Å²) < 4.78 is 43.2. The van der Waals surface area contributed by atoms with Gasteiger partial charge in [0.25, 0.3) is 10.0 Å². The smallest absolute Gasteiger partial charge is 0.264 e. The first kappa shape index (κ1) is 30.1. The van der Waals surface area contributed by atoms with Gasteiger partial charge in [-0.05, 0) is 65.0 Å². The maximum Gasteiger partial charge on any atom is 0.264 e. The zero-order valence-electron chi connectivity index (χ0n) is 22.6. The van der Waals surface area contributed by atoms with Gasteiger partial charge in [0.15, 0.2) is 0 Å². The summed E-state index contributed by atoms with van der Waals surface area (Å²) in [5, 5.41) is 2.96. The Morgan fingerprint density at radius 3 is 2.15 bits per heavy atom. The molecule has 0 saturated heterocycles. The second-order valence-electron chi connectivity index (χ2n) is 10.3. The van der Waals surface area contributed by atoms with Crippen molar-refractivity contribution in [2.75, 3.05) is 10.8 Å². The average Bonchev–Trinajstić information content (AvgIpc) is 2.86. The molecular formula is C29H33ClFN3O4S. The molecule has 39 heavy (non-hydrogen) atoms. The first-order valence-corrected chi connectivity index (χ1v) is 14.2. The number of carbonyl (C=O) groups excluding carboxylic acids is 2. The summed E-state index contributed by atoms with van der Waals surface area (Å²) in [5.41, 5.74) is 0.568. The normalized spacial score (nSPS) is 12.5. The molecule has 0 bridgehead atoms. The molecule has 2 amide bonds. The highest BCUT2D eigenvalue weighted by Gasteiger charge is 2.34. The van der Waals surface area contributed by atoms with E-state index < -0.39 is 45.8 Å². The number of nitrogens with zero attached hydrogens (tertiary/aromatic N) is 2. The van der Waals surface area contributed by atoms with E-state index in [1.165, 1.54) is 54.3 Å². The number of aryl methyl sites for hydroxylation is 1. The molecular weight excluding hydrogens is 541 g/mol. The van der Waals surface area contributed by atoms with E-state index in [1.54, 1.807) is 51.1 Å². The summed E-state index contributed by atoms with van der Waals surface area (Å²) >= 11 is 6.39. The quantitative estimate of drug-likeness (QED) is 0.376. The molecule has 0 spiro atoms. The molecule has 0 unspecified atom stereocenters. The number of amides is 2. The minimum absolute atomic E-state index is 0.0278. The van der Waals surface area contributed by atoms with Gasteiger partial charge in [-0.25, -0.2) is 12.8 Å². The molecule has 3 aromatic carbocycles. The third kappa shape index (κ3) is 7.58. The lowest BCUT2D eigenvalue weighted by Crippen LogP contribution is -2.54. The summed E-state index contributed by atoms with van der Waals surface area (Å²) in [6.07, 6.45) is 0. The van der Waals surface area contributed by atoms with Crippen molar-refractivity contribution < 1.29 is 22.4 Å². The number of halogens is 2. The molecule has 0 fully saturated rings. The molecule has 0 saturated carbocycles. The lowest BCUT2D eigenvalue weighted by Gasteiger charge is -2.33. The van der Waals surface area contributed by atoms with E-state index in [9.17, 15) is 22.4 Å². The highest BCUT2D eigenvalue weighted by Crippen LogP contribution is 2.31. The molecule has 0 aliphatic heterocycles. The Balaban J connectivity index is 2.06. The number of anilines is 1. The number of sulfonamides is 1. The van der Waals surface area contributed by atoms with Crippen LogP contribution in [0.3, 0.4) is 0 Å². The minimum atomic E-state index is -4.25. The molecule has 0 heterocycles. The Bertz CT molecular complexity index is 1440. The van der Waals surface area contributed by atoms with E-state index in [2.05, 4.69) is 5.32 Å². The zero-order valence-corrected chi connectivity index (χ0v) is 24.2. The van der Waals surface area contributed by atoms with Gasteiger partial charge in [0.2, 0.25) is 11.8 Å². The molecule has 3 aromatic rings. The largest absolute Gasteiger partial charge is 0.350 e. The molecule has 1 atom stereocenters. The Hall–Kier alpha value is -3.43. The molecule has 3 rings (SSSR count). The van der Waals surface area contributed by atoms with E-state index in [0.717, 1.165) is 9.87 Å². The second-order valence-corrected chi connectivity index (χ2v) is 12.6. The fraction of sp³-hybridized carbons (Fsp3) is 0.310. The molecule has 10 heteroatoms. The standard InChI is InChI=1S/C29H33ClFN3O4S/c1-20-14-16-23(17-15-20)39(37,38)34(26-13-9-7-11-24(26)30)19-27(35)33(18-22-10-6-8-12-25(22)31)21(2)28(36)32-29(3,4)5/h6-17,21H,18-19H2,1-5H3,(H,32,36)/t21-/m0/s1. The number of hydrogen-bond acceptors (Lipinski definition) is 4. The topological polar surface area (TPSA) is 86.8 Å². The molecule has 208 valence electrons. The van der Waals surface area contributed by atoms with Crippen LogP contribution in [0.4, 0.5) is 10.1 Å². The molecule has 0 aliphatic carbocycles. The lowest BCUT2D eigenvalue weighted by atomic mass is 10.1. The maximum absolute atomic E-state index is 14.6. The summed E-state index contributed by atoms with van der Waals surface area (Å²) in [5.74, 6) is -1.71. The van der Waals surface area contributed by atoms with Crippen molar-refractivity contribution in [2.45, 2.75) is 57.6 Å². The molecule has 7 nitrogen and oxygen atoms in total. The predicted octanol–water partition coefficient (Wildman–Crippen LogP) is 5.31. The predicted molar refractivity (Wildman–Crippen MR) is 151 cm³/mol. The van der Waals surface area contributed by atoms with Crippen LogP contribution >= 0.6 is 11.6 Å². The Morgan fingerprint density at radius 1 is 0.974 bits per heavy atom. The minimum Gasteiger partial charge on any atom is -0.350 e. The van der Waals surface area contributed by atoms with Gasteiger partial charge in [0.05, 0.1) is 15.6 Å². The number of rotatable bonds is 9. The molecule has 0 aromatic heterocycles. The van der Waals surface area contributed by atoms with Gasteiger partial charge in [0.1, 0.15) is 18.4 Å². The summed E-state index contributed by atoms with van der Waals surface area (Å²) in [7, 11) is -4.25. The van der Waals surface area contributed by atoms with Crippen molar-refractivity contribution >= 4 is 39.1 Å². The molecule has 0 radical (unpaired) electrons. The molecule has 0 aliphatic rings. The van der Waals surface area contributed by atoms with Crippen LogP contribution in [0, 0.1) is 12.7 Å². The van der Waals surface area contributed by atoms with Crippen molar-refractivity contribution in [3.63, 3.8) is 0 Å². The fourth-order valence-corrected chi connectivity index (χ4v) is 5.59. The highest BCUT2D eigenvalue weighted by atomic mass is 35.5. The van der Waals surface area contributed by atoms with E-state index in [1.807, 2.05) is 6.92 Å². The first-order chi connectivity index (χ1) is 18.2. The zero-order chi connectivity index (χ0) is 29.0. The van der Waals surface area contributed by atoms with Crippen molar-refractivity contribution in [1.29, 1.82) is 0 Å². The fourth-order valence-electron chi connectivity index (χ4n) is 3.87. The average molecular weight is 574 g/mol. The van der Waals surface area contributed by atoms with Crippen molar-refractivity contribution in [3.8, 4) is 0 Å². The van der Waals surface area contributed by atoms with Crippen LogP contribution in [0.2, 0.25) is 5.02 Å². The number of nitrogens with one attached hydrogen (secondary N) is 1. The van der Waals surface area contributed by atoms with Crippen LogP contribution in [0.5, 0.6) is 0 Å². The second kappa shape index (κ2) is 12.2. The van der Waals surface area contributed by atoms with Crippen LogP contribution in [0.1, 0.15) is 38.8 Å². The van der Waals surface area contributed by atoms with Gasteiger partial charge in [0, 0.05) is 17.6 Å². The van der Waals surface area contributed by atoms with Gasteiger partial charge < -0.3 is 10.2 Å². The van der Waals surface area contributed by atoms with Gasteiger partial charge in [-0.15, -0.1) is 0 Å². The third-order valence-electron chi connectivity index (χ3n) is 5.97. The van der Waals surface area contributed by atoms with E-state index in [0.29, 0.717) is 0 Å². The van der Waals surface area contributed by atoms with Gasteiger partial charge >= 0.3 is 0 Å². The highest BCUT2D eigenvalue weighted by molar-refractivity contribution is 7.92. The van der Waals surface area contributed by atoms with Crippen molar-refractivity contribution in [2.24, 2.45) is 0 Å². The van der Waals surface area contributed by atoms with Crippen LogP contribution < -0.4 is 9.62 Å². The monoisotopic (exact) mass is 573 g/mol. The van der Waals surface area contributed by atoms with Crippen LogP contribution in [-0.2, 0) is 26.2 Å². The SMILES string of the molecule is Cc1ccc(S(=O)(=O)N(CC(=O)N(Cc2ccccc2F)[C@@H](C)C(=O)NC(C)(C)C)c2ccccc2Cl)cc1.